The smallest absolute Gasteiger partial charge is 0.264 e. The second kappa shape index (κ2) is 5.28. The Kier molecular flexibility index (Phi) is 3.60. The number of halogens is 2. The number of hydrogen-bond acceptors (Lipinski definition) is 5. The standard InChI is InChI=1S/C12H7BrClN3O3S/c13-7-3-1-2-4-9(7)17-21(18,19)10-6-5-8(14)11-12(10)16-20-15-11/h1-6,17H. The number of benzene rings is 2. The van der Waals surface area contributed by atoms with Gasteiger partial charge in [-0.3, -0.25) is 4.72 Å². The largest absolute Gasteiger partial charge is 0.278 e. The number of anilines is 1. The molecule has 0 fully saturated rings. The van der Waals surface area contributed by atoms with E-state index in [0.29, 0.717) is 10.2 Å². The Balaban J connectivity index is 2.11. The molecule has 108 valence electrons. The van der Waals surface area contributed by atoms with Crippen molar-refractivity contribution >= 4 is 54.3 Å². The summed E-state index contributed by atoms with van der Waals surface area (Å²) in [6.45, 7) is 0. The predicted octanol–water partition coefficient (Wildman–Crippen LogP) is 3.44. The van der Waals surface area contributed by atoms with Crippen LogP contribution in [0.2, 0.25) is 5.02 Å². The van der Waals surface area contributed by atoms with Crippen LogP contribution in [-0.2, 0) is 10.0 Å². The zero-order valence-corrected chi connectivity index (χ0v) is 13.4. The summed E-state index contributed by atoms with van der Waals surface area (Å²) < 4.78 is 32.7. The normalized spacial score (nSPS) is 11.7. The highest BCUT2D eigenvalue weighted by molar-refractivity contribution is 9.10. The lowest BCUT2D eigenvalue weighted by molar-refractivity contribution is 0.315. The highest BCUT2D eigenvalue weighted by Gasteiger charge is 2.22. The molecule has 21 heavy (non-hydrogen) atoms. The zero-order valence-electron chi connectivity index (χ0n) is 10.2. The molecule has 0 spiro atoms. The van der Waals surface area contributed by atoms with Crippen LogP contribution in [0.3, 0.4) is 0 Å². The lowest BCUT2D eigenvalue weighted by atomic mass is 10.3. The van der Waals surface area contributed by atoms with Crippen molar-refractivity contribution in [1.82, 2.24) is 10.3 Å². The van der Waals surface area contributed by atoms with Crippen LogP contribution in [0.4, 0.5) is 5.69 Å². The summed E-state index contributed by atoms with van der Waals surface area (Å²) in [6, 6.07) is 9.65. The summed E-state index contributed by atoms with van der Waals surface area (Å²) in [7, 11) is -3.85. The number of fused-ring (bicyclic) bond motifs is 1. The molecule has 0 aliphatic rings. The third-order valence-corrected chi connectivity index (χ3v) is 5.13. The van der Waals surface area contributed by atoms with E-state index in [2.05, 4.69) is 35.6 Å². The SMILES string of the molecule is O=S(=O)(Nc1ccccc1Br)c1ccc(Cl)c2nonc12. The van der Waals surface area contributed by atoms with Crippen LogP contribution in [0.25, 0.3) is 11.0 Å². The average Bonchev–Trinajstić information content (AvgIpc) is 2.91. The van der Waals surface area contributed by atoms with Crippen molar-refractivity contribution in [2.24, 2.45) is 0 Å². The molecule has 0 amide bonds. The van der Waals surface area contributed by atoms with Gasteiger partial charge in [-0.2, -0.15) is 0 Å². The Hall–Kier alpha value is -1.64. The monoisotopic (exact) mass is 387 g/mol. The Morgan fingerprint density at radius 3 is 2.57 bits per heavy atom. The van der Waals surface area contributed by atoms with Crippen molar-refractivity contribution < 1.29 is 13.0 Å². The van der Waals surface area contributed by atoms with Gasteiger partial charge in [-0.25, -0.2) is 13.0 Å². The highest BCUT2D eigenvalue weighted by atomic mass is 79.9. The molecule has 0 unspecified atom stereocenters. The Morgan fingerprint density at radius 2 is 1.81 bits per heavy atom. The summed E-state index contributed by atoms with van der Waals surface area (Å²) in [5, 5.41) is 7.48. The molecule has 9 heteroatoms. The van der Waals surface area contributed by atoms with Gasteiger partial charge in [-0.15, -0.1) is 0 Å². The molecule has 1 aromatic heterocycles. The van der Waals surface area contributed by atoms with Crippen LogP contribution in [0.15, 0.2) is 50.4 Å². The highest BCUT2D eigenvalue weighted by Crippen LogP contribution is 2.29. The van der Waals surface area contributed by atoms with Gasteiger partial charge in [0.2, 0.25) is 0 Å². The predicted molar refractivity (Wildman–Crippen MR) is 81.8 cm³/mol. The summed E-state index contributed by atoms with van der Waals surface area (Å²) >= 11 is 9.20. The molecule has 0 aliphatic heterocycles. The van der Waals surface area contributed by atoms with Gasteiger partial charge in [0.15, 0.2) is 11.0 Å². The van der Waals surface area contributed by atoms with Crippen LogP contribution in [0.5, 0.6) is 0 Å². The van der Waals surface area contributed by atoms with Crippen molar-refractivity contribution in [3.8, 4) is 0 Å². The molecular weight excluding hydrogens is 382 g/mol. The number of sulfonamides is 1. The first kappa shape index (κ1) is 14.3. The lowest BCUT2D eigenvalue weighted by Crippen LogP contribution is -2.13. The van der Waals surface area contributed by atoms with Crippen LogP contribution in [0.1, 0.15) is 0 Å². The molecule has 0 saturated carbocycles. The van der Waals surface area contributed by atoms with Crippen LogP contribution in [0, 0.1) is 0 Å². The summed E-state index contributed by atoms with van der Waals surface area (Å²) in [5.41, 5.74) is 0.700. The van der Waals surface area contributed by atoms with Gasteiger partial charge >= 0.3 is 0 Å². The third-order valence-electron chi connectivity index (χ3n) is 2.74. The maximum atomic E-state index is 12.5. The van der Waals surface area contributed by atoms with Gasteiger partial charge in [-0.1, -0.05) is 23.7 Å². The topological polar surface area (TPSA) is 85.1 Å². The first-order chi connectivity index (χ1) is 9.99. The van der Waals surface area contributed by atoms with E-state index in [9.17, 15) is 8.42 Å². The fourth-order valence-electron chi connectivity index (χ4n) is 1.77. The lowest BCUT2D eigenvalue weighted by Gasteiger charge is -2.09. The molecule has 0 aliphatic carbocycles. The first-order valence-corrected chi connectivity index (χ1v) is 8.32. The van der Waals surface area contributed by atoms with Crippen LogP contribution >= 0.6 is 27.5 Å². The summed E-state index contributed by atoms with van der Waals surface area (Å²) in [5.74, 6) is 0. The van der Waals surface area contributed by atoms with Gasteiger partial charge in [-0.05, 0) is 50.5 Å². The van der Waals surface area contributed by atoms with Gasteiger partial charge in [0, 0.05) is 4.47 Å². The molecule has 0 bridgehead atoms. The van der Waals surface area contributed by atoms with Crippen LogP contribution in [-0.4, -0.2) is 18.7 Å². The fourth-order valence-corrected chi connectivity index (χ4v) is 3.69. The number of aromatic nitrogens is 2. The molecule has 3 rings (SSSR count). The molecule has 0 radical (unpaired) electrons. The molecule has 3 aromatic rings. The average molecular weight is 389 g/mol. The van der Waals surface area contributed by atoms with Crippen LogP contribution < -0.4 is 4.72 Å². The molecule has 1 heterocycles. The summed E-state index contributed by atoms with van der Waals surface area (Å²) in [4.78, 5) is -0.0566. The molecule has 2 aromatic carbocycles. The van der Waals surface area contributed by atoms with Gasteiger partial charge in [0.25, 0.3) is 10.0 Å². The summed E-state index contributed by atoms with van der Waals surface area (Å²) in [6.07, 6.45) is 0. The maximum absolute atomic E-state index is 12.5. The van der Waals surface area contributed by atoms with E-state index in [1.807, 2.05) is 0 Å². The maximum Gasteiger partial charge on any atom is 0.264 e. The minimum absolute atomic E-state index is 0.0566. The van der Waals surface area contributed by atoms with E-state index in [0.717, 1.165) is 0 Å². The van der Waals surface area contributed by atoms with Crippen molar-refractivity contribution in [2.75, 3.05) is 4.72 Å². The minimum Gasteiger partial charge on any atom is -0.278 e. The van der Waals surface area contributed by atoms with Crippen molar-refractivity contribution in [1.29, 1.82) is 0 Å². The molecule has 6 nitrogen and oxygen atoms in total. The van der Waals surface area contributed by atoms with E-state index < -0.39 is 10.0 Å². The number of para-hydroxylation sites is 1. The quantitative estimate of drug-likeness (QED) is 0.743. The first-order valence-electron chi connectivity index (χ1n) is 5.67. The van der Waals surface area contributed by atoms with E-state index in [1.54, 1.807) is 24.3 Å². The van der Waals surface area contributed by atoms with E-state index in [4.69, 9.17) is 11.6 Å². The third kappa shape index (κ3) is 2.61. The van der Waals surface area contributed by atoms with Crippen molar-refractivity contribution in [3.05, 3.63) is 45.9 Å². The Morgan fingerprint density at radius 1 is 1.10 bits per heavy atom. The van der Waals surface area contributed by atoms with Crippen molar-refractivity contribution in [3.63, 3.8) is 0 Å². The zero-order chi connectivity index (χ0) is 15.0. The Bertz CT molecular complexity index is 926. The number of rotatable bonds is 3. The van der Waals surface area contributed by atoms with E-state index in [1.165, 1.54) is 12.1 Å². The van der Waals surface area contributed by atoms with Crippen molar-refractivity contribution in [2.45, 2.75) is 4.90 Å². The second-order valence-corrected chi connectivity index (χ2v) is 7.00. The minimum atomic E-state index is -3.85. The second-order valence-electron chi connectivity index (χ2n) is 4.09. The number of nitrogens with zero attached hydrogens (tertiary/aromatic N) is 2. The van der Waals surface area contributed by atoms with Gasteiger partial charge in [0.1, 0.15) is 4.90 Å². The number of nitrogens with one attached hydrogen (secondary N) is 1. The van der Waals surface area contributed by atoms with E-state index >= 15 is 0 Å². The van der Waals surface area contributed by atoms with Gasteiger partial charge < -0.3 is 0 Å². The fraction of sp³-hybridized carbons (Fsp3) is 0. The number of hydrogen-bond donors (Lipinski definition) is 1. The Labute approximate surface area is 133 Å². The molecule has 0 atom stereocenters. The molecule has 0 saturated heterocycles. The molecular formula is C12H7BrClN3O3S. The van der Waals surface area contributed by atoms with Gasteiger partial charge in [0.05, 0.1) is 10.7 Å². The van der Waals surface area contributed by atoms with E-state index in [-0.39, 0.29) is 21.0 Å². The molecule has 1 N–H and O–H groups in total.